The van der Waals surface area contributed by atoms with E-state index in [0.29, 0.717) is 38.4 Å². The molecule has 1 aliphatic rings. The van der Waals surface area contributed by atoms with E-state index in [4.69, 9.17) is 4.74 Å². The number of aryl methyl sites for hydroxylation is 1. The van der Waals surface area contributed by atoms with E-state index < -0.39 is 0 Å². The third kappa shape index (κ3) is 5.49. The van der Waals surface area contributed by atoms with Gasteiger partial charge >= 0.3 is 0 Å². The van der Waals surface area contributed by atoms with Crippen molar-refractivity contribution >= 4 is 22.4 Å². The summed E-state index contributed by atoms with van der Waals surface area (Å²) in [5.74, 6) is 0.272. The molecular formula is C29H30N4O2. The highest BCUT2D eigenvalue weighted by Gasteiger charge is 2.24. The zero-order valence-electron chi connectivity index (χ0n) is 20.0. The van der Waals surface area contributed by atoms with Crippen molar-refractivity contribution in [3.8, 4) is 0 Å². The van der Waals surface area contributed by atoms with Crippen LogP contribution in [0, 0.1) is 12.8 Å². The molecule has 1 amide bonds. The largest absolute Gasteiger partial charge is 0.381 e. The van der Waals surface area contributed by atoms with Crippen molar-refractivity contribution < 1.29 is 9.53 Å². The van der Waals surface area contributed by atoms with Crippen LogP contribution in [0.5, 0.6) is 0 Å². The molecule has 4 aromatic rings. The van der Waals surface area contributed by atoms with Crippen LogP contribution in [-0.4, -0.2) is 47.1 Å². The Balaban J connectivity index is 1.30. The molecule has 0 bridgehead atoms. The number of benzene rings is 2. The van der Waals surface area contributed by atoms with Gasteiger partial charge in [-0.15, -0.1) is 0 Å². The van der Waals surface area contributed by atoms with Crippen LogP contribution >= 0.6 is 0 Å². The number of carbonyl (C=O) groups excluding carboxylic acids is 1. The molecule has 1 fully saturated rings. The standard InChI is InChI=1S/C29H30N4O2/c1-21-5-6-26(16-28(21)32-17-22-7-10-30-11-8-22)29(34)33-13-14-35-20-23(19-33)15-25-4-2-3-24-9-12-31-18-27(24)25/h2-12,16,18,23,32H,13-15,17,19-20H2,1H3/t23-/m1/s1. The lowest BCUT2D eigenvalue weighted by atomic mass is 9.95. The molecule has 35 heavy (non-hydrogen) atoms. The van der Waals surface area contributed by atoms with Crippen LogP contribution in [0.25, 0.3) is 10.8 Å². The predicted octanol–water partition coefficient (Wildman–Crippen LogP) is 4.88. The Labute approximate surface area is 206 Å². The Morgan fingerprint density at radius 1 is 1.09 bits per heavy atom. The van der Waals surface area contributed by atoms with Crippen LogP contribution in [0.2, 0.25) is 0 Å². The van der Waals surface area contributed by atoms with E-state index in [0.717, 1.165) is 23.2 Å². The number of anilines is 1. The van der Waals surface area contributed by atoms with Crippen molar-refractivity contribution in [2.24, 2.45) is 5.92 Å². The van der Waals surface area contributed by atoms with Gasteiger partial charge in [-0.3, -0.25) is 14.8 Å². The first-order chi connectivity index (χ1) is 17.2. The van der Waals surface area contributed by atoms with Crippen LogP contribution in [0.1, 0.15) is 27.0 Å². The first-order valence-electron chi connectivity index (χ1n) is 12.1. The molecule has 6 nitrogen and oxygen atoms in total. The van der Waals surface area contributed by atoms with Crippen LogP contribution in [0.4, 0.5) is 5.69 Å². The fraction of sp³-hybridized carbons (Fsp3) is 0.276. The second-order valence-electron chi connectivity index (χ2n) is 9.15. The van der Waals surface area contributed by atoms with Crippen molar-refractivity contribution in [3.05, 3.63) is 102 Å². The lowest BCUT2D eigenvalue weighted by Gasteiger charge is -2.24. The number of nitrogens with zero attached hydrogens (tertiary/aromatic N) is 3. The summed E-state index contributed by atoms with van der Waals surface area (Å²) < 4.78 is 5.91. The summed E-state index contributed by atoms with van der Waals surface area (Å²) in [6.45, 7) is 5.20. The summed E-state index contributed by atoms with van der Waals surface area (Å²) in [5.41, 5.74) is 5.17. The van der Waals surface area contributed by atoms with Crippen LogP contribution in [-0.2, 0) is 17.7 Å². The molecule has 5 rings (SSSR count). The molecule has 2 aromatic carbocycles. The number of carbonyl (C=O) groups is 1. The number of rotatable bonds is 6. The average molecular weight is 467 g/mol. The van der Waals surface area contributed by atoms with E-state index in [1.165, 1.54) is 16.3 Å². The van der Waals surface area contributed by atoms with Gasteiger partial charge in [0.05, 0.1) is 13.2 Å². The monoisotopic (exact) mass is 466 g/mol. The first-order valence-corrected chi connectivity index (χ1v) is 12.1. The number of hydrogen-bond acceptors (Lipinski definition) is 5. The Morgan fingerprint density at radius 2 is 1.94 bits per heavy atom. The number of amides is 1. The van der Waals surface area contributed by atoms with E-state index in [1.807, 2.05) is 53.7 Å². The fourth-order valence-corrected chi connectivity index (χ4v) is 4.68. The SMILES string of the molecule is Cc1ccc(C(=O)N2CCOC[C@H](Cc3cccc4ccncc34)C2)cc1NCc1ccncc1. The molecule has 178 valence electrons. The van der Waals surface area contributed by atoms with Crippen LogP contribution < -0.4 is 5.32 Å². The van der Waals surface area contributed by atoms with E-state index >= 15 is 0 Å². The van der Waals surface area contributed by atoms with Gasteiger partial charge in [0.15, 0.2) is 0 Å². The number of pyridine rings is 2. The number of nitrogens with one attached hydrogen (secondary N) is 1. The van der Waals surface area contributed by atoms with Gasteiger partial charge in [-0.25, -0.2) is 0 Å². The Morgan fingerprint density at radius 3 is 2.83 bits per heavy atom. The first kappa shape index (κ1) is 23.0. The third-order valence-corrected chi connectivity index (χ3v) is 6.62. The van der Waals surface area contributed by atoms with E-state index in [2.05, 4.69) is 40.4 Å². The van der Waals surface area contributed by atoms with Gasteiger partial charge in [-0.05, 0) is 65.8 Å². The van der Waals surface area contributed by atoms with Gasteiger partial charge in [-0.1, -0.05) is 24.3 Å². The van der Waals surface area contributed by atoms with E-state index in [1.54, 1.807) is 12.4 Å². The van der Waals surface area contributed by atoms with Crippen LogP contribution in [0.3, 0.4) is 0 Å². The van der Waals surface area contributed by atoms with Crippen molar-refractivity contribution in [2.45, 2.75) is 19.9 Å². The summed E-state index contributed by atoms with van der Waals surface area (Å²) in [6.07, 6.45) is 8.17. The molecular weight excluding hydrogens is 436 g/mol. The summed E-state index contributed by atoms with van der Waals surface area (Å²) >= 11 is 0. The summed E-state index contributed by atoms with van der Waals surface area (Å²) in [7, 11) is 0. The molecule has 0 aliphatic carbocycles. The van der Waals surface area contributed by atoms with E-state index in [9.17, 15) is 4.79 Å². The Kier molecular flexibility index (Phi) is 7.00. The molecule has 0 unspecified atom stereocenters. The minimum absolute atomic E-state index is 0.0482. The number of hydrogen-bond donors (Lipinski definition) is 1. The van der Waals surface area contributed by atoms with E-state index in [-0.39, 0.29) is 11.8 Å². The number of aromatic nitrogens is 2. The molecule has 2 aromatic heterocycles. The van der Waals surface area contributed by atoms with Crippen LogP contribution in [0.15, 0.2) is 79.4 Å². The molecule has 1 aliphatic heterocycles. The summed E-state index contributed by atoms with van der Waals surface area (Å²) in [5, 5.41) is 5.82. The summed E-state index contributed by atoms with van der Waals surface area (Å²) in [6, 6.07) is 18.3. The molecule has 3 heterocycles. The molecule has 1 N–H and O–H groups in total. The maximum atomic E-state index is 13.5. The van der Waals surface area contributed by atoms with Crippen molar-refractivity contribution in [1.29, 1.82) is 0 Å². The highest BCUT2D eigenvalue weighted by molar-refractivity contribution is 5.95. The van der Waals surface area contributed by atoms with Gasteiger partial charge in [0.2, 0.25) is 0 Å². The molecule has 1 saturated heterocycles. The Bertz CT molecular complexity index is 1300. The van der Waals surface area contributed by atoms with Crippen molar-refractivity contribution in [3.63, 3.8) is 0 Å². The minimum Gasteiger partial charge on any atom is -0.381 e. The molecule has 0 radical (unpaired) electrons. The fourth-order valence-electron chi connectivity index (χ4n) is 4.68. The molecule has 0 spiro atoms. The number of fused-ring (bicyclic) bond motifs is 1. The van der Waals surface area contributed by atoms with Crippen molar-refractivity contribution in [1.82, 2.24) is 14.9 Å². The highest BCUT2D eigenvalue weighted by Crippen LogP contribution is 2.24. The lowest BCUT2D eigenvalue weighted by Crippen LogP contribution is -2.36. The van der Waals surface area contributed by atoms with Gasteiger partial charge in [0.25, 0.3) is 5.91 Å². The zero-order valence-corrected chi connectivity index (χ0v) is 20.0. The number of ether oxygens (including phenoxy) is 1. The smallest absolute Gasteiger partial charge is 0.254 e. The maximum Gasteiger partial charge on any atom is 0.254 e. The van der Waals surface area contributed by atoms with Gasteiger partial charge in [0.1, 0.15) is 0 Å². The maximum absolute atomic E-state index is 13.5. The van der Waals surface area contributed by atoms with Gasteiger partial charge in [-0.2, -0.15) is 0 Å². The normalized spacial score (nSPS) is 16.1. The minimum atomic E-state index is 0.0482. The summed E-state index contributed by atoms with van der Waals surface area (Å²) in [4.78, 5) is 23.9. The lowest BCUT2D eigenvalue weighted by molar-refractivity contribution is 0.0737. The molecule has 1 atom stereocenters. The Hall–Kier alpha value is -3.77. The second-order valence-corrected chi connectivity index (χ2v) is 9.15. The molecule has 0 saturated carbocycles. The van der Waals surface area contributed by atoms with Gasteiger partial charge in [0, 0.05) is 67.0 Å². The molecule has 6 heteroatoms. The second kappa shape index (κ2) is 10.7. The quantitative estimate of drug-likeness (QED) is 0.439. The van der Waals surface area contributed by atoms with Crippen molar-refractivity contribution in [2.75, 3.05) is 31.6 Å². The predicted molar refractivity (Wildman–Crippen MR) is 138 cm³/mol. The topological polar surface area (TPSA) is 67.4 Å². The zero-order chi connectivity index (χ0) is 24.0. The highest BCUT2D eigenvalue weighted by atomic mass is 16.5. The van der Waals surface area contributed by atoms with Gasteiger partial charge < -0.3 is 15.0 Å². The average Bonchev–Trinajstić information content (AvgIpc) is 3.14. The third-order valence-electron chi connectivity index (χ3n) is 6.62.